The van der Waals surface area contributed by atoms with Gasteiger partial charge in [0.25, 0.3) is 10.0 Å². The van der Waals surface area contributed by atoms with Crippen LogP contribution in [0, 0.1) is 5.82 Å². The van der Waals surface area contributed by atoms with E-state index in [-0.39, 0.29) is 4.90 Å². The first-order valence-electron chi connectivity index (χ1n) is 5.83. The monoisotopic (exact) mass is 295 g/mol. The third kappa shape index (κ3) is 2.75. The summed E-state index contributed by atoms with van der Waals surface area (Å²) in [5, 5.41) is 0. The van der Waals surface area contributed by atoms with E-state index in [1.54, 1.807) is 24.3 Å². The van der Waals surface area contributed by atoms with Crippen LogP contribution in [0.25, 0.3) is 0 Å². The molecule has 0 aliphatic carbocycles. The Balaban J connectivity index is 2.40. The largest absolute Gasteiger partial charge is 0.497 e. The Bertz CT molecular complexity index is 699. The van der Waals surface area contributed by atoms with Gasteiger partial charge >= 0.3 is 0 Å². The Labute approximate surface area is 117 Å². The summed E-state index contributed by atoms with van der Waals surface area (Å²) < 4.78 is 43.9. The van der Waals surface area contributed by atoms with Gasteiger partial charge in [-0.3, -0.25) is 4.31 Å². The molecule has 4 nitrogen and oxygen atoms in total. The number of methoxy groups -OCH3 is 1. The van der Waals surface area contributed by atoms with Crippen molar-refractivity contribution in [3.05, 3.63) is 54.3 Å². The van der Waals surface area contributed by atoms with Crippen molar-refractivity contribution in [1.29, 1.82) is 0 Å². The Kier molecular flexibility index (Phi) is 3.94. The molecule has 0 aliphatic rings. The minimum Gasteiger partial charge on any atom is -0.497 e. The van der Waals surface area contributed by atoms with Gasteiger partial charge in [-0.15, -0.1) is 0 Å². The summed E-state index contributed by atoms with van der Waals surface area (Å²) in [6.45, 7) is 0. The lowest BCUT2D eigenvalue weighted by molar-refractivity contribution is 0.415. The SMILES string of the molecule is COc1cccc(N(C)S(=O)(=O)c2ccc(F)cc2)c1. The number of rotatable bonds is 4. The fourth-order valence-electron chi connectivity index (χ4n) is 1.71. The minimum absolute atomic E-state index is 0.0317. The van der Waals surface area contributed by atoms with Gasteiger partial charge in [0.15, 0.2) is 0 Å². The van der Waals surface area contributed by atoms with Gasteiger partial charge in [0, 0.05) is 13.1 Å². The van der Waals surface area contributed by atoms with Crippen LogP contribution in [-0.4, -0.2) is 22.6 Å². The lowest BCUT2D eigenvalue weighted by atomic mass is 10.3. The highest BCUT2D eigenvalue weighted by Gasteiger charge is 2.21. The summed E-state index contributed by atoms with van der Waals surface area (Å²) in [5.41, 5.74) is 0.466. The standard InChI is InChI=1S/C14H14FNO3S/c1-16(12-4-3-5-13(10-12)19-2)20(17,18)14-8-6-11(15)7-9-14/h3-10H,1-2H3. The average molecular weight is 295 g/mol. The van der Waals surface area contributed by atoms with Crippen LogP contribution in [0.5, 0.6) is 5.75 Å². The van der Waals surface area contributed by atoms with E-state index in [1.807, 2.05) is 0 Å². The van der Waals surface area contributed by atoms with Crippen LogP contribution in [0.2, 0.25) is 0 Å². The van der Waals surface area contributed by atoms with Crippen LogP contribution in [0.4, 0.5) is 10.1 Å². The highest BCUT2D eigenvalue weighted by molar-refractivity contribution is 7.92. The zero-order chi connectivity index (χ0) is 14.8. The number of hydrogen-bond acceptors (Lipinski definition) is 3. The summed E-state index contributed by atoms with van der Waals surface area (Å²) in [6, 6.07) is 11.4. The van der Waals surface area contributed by atoms with Gasteiger partial charge in [-0.2, -0.15) is 0 Å². The van der Waals surface area contributed by atoms with E-state index < -0.39 is 15.8 Å². The third-order valence-corrected chi connectivity index (χ3v) is 4.69. The number of halogens is 1. The quantitative estimate of drug-likeness (QED) is 0.871. The lowest BCUT2D eigenvalue weighted by Gasteiger charge is -2.20. The van der Waals surface area contributed by atoms with Gasteiger partial charge in [-0.25, -0.2) is 12.8 Å². The second kappa shape index (κ2) is 5.50. The molecule has 0 unspecified atom stereocenters. The molecule has 0 saturated heterocycles. The number of nitrogens with zero attached hydrogens (tertiary/aromatic N) is 1. The summed E-state index contributed by atoms with van der Waals surface area (Å²) in [4.78, 5) is 0.0317. The summed E-state index contributed by atoms with van der Waals surface area (Å²) in [6.07, 6.45) is 0. The molecule has 0 saturated carbocycles. The molecule has 0 bridgehead atoms. The number of hydrogen-bond donors (Lipinski definition) is 0. The number of anilines is 1. The van der Waals surface area contributed by atoms with Crippen molar-refractivity contribution >= 4 is 15.7 Å². The Morgan fingerprint density at radius 1 is 1.10 bits per heavy atom. The topological polar surface area (TPSA) is 46.6 Å². The fraction of sp³-hybridized carbons (Fsp3) is 0.143. The van der Waals surface area contributed by atoms with Crippen molar-refractivity contribution in [2.45, 2.75) is 4.90 Å². The van der Waals surface area contributed by atoms with Crippen LogP contribution in [0.1, 0.15) is 0 Å². The zero-order valence-corrected chi connectivity index (χ0v) is 11.9. The fourth-order valence-corrected chi connectivity index (χ4v) is 2.90. The van der Waals surface area contributed by atoms with Crippen molar-refractivity contribution < 1.29 is 17.5 Å². The maximum Gasteiger partial charge on any atom is 0.264 e. The van der Waals surface area contributed by atoms with E-state index in [0.29, 0.717) is 11.4 Å². The van der Waals surface area contributed by atoms with Crippen molar-refractivity contribution in [3.8, 4) is 5.75 Å². The highest BCUT2D eigenvalue weighted by atomic mass is 32.2. The molecule has 2 aromatic carbocycles. The van der Waals surface area contributed by atoms with Crippen LogP contribution >= 0.6 is 0 Å². The van der Waals surface area contributed by atoms with Crippen molar-refractivity contribution in [2.75, 3.05) is 18.5 Å². The molecule has 0 aromatic heterocycles. The Morgan fingerprint density at radius 3 is 2.35 bits per heavy atom. The summed E-state index contributed by atoms with van der Waals surface area (Å²) in [5.74, 6) is 0.0802. The molecule has 20 heavy (non-hydrogen) atoms. The minimum atomic E-state index is -3.72. The number of sulfonamides is 1. The van der Waals surface area contributed by atoms with E-state index >= 15 is 0 Å². The maximum absolute atomic E-state index is 12.9. The van der Waals surface area contributed by atoms with Crippen LogP contribution in [0.3, 0.4) is 0 Å². The van der Waals surface area contributed by atoms with Gasteiger partial charge in [0.1, 0.15) is 11.6 Å². The second-order valence-corrected chi connectivity index (χ2v) is 6.10. The Hall–Kier alpha value is -2.08. The third-order valence-electron chi connectivity index (χ3n) is 2.89. The molecule has 106 valence electrons. The zero-order valence-electron chi connectivity index (χ0n) is 11.1. The highest BCUT2D eigenvalue weighted by Crippen LogP contribution is 2.25. The van der Waals surface area contributed by atoms with E-state index in [2.05, 4.69) is 0 Å². The predicted octanol–water partition coefficient (Wildman–Crippen LogP) is 2.66. The molecule has 0 N–H and O–H groups in total. The molecular weight excluding hydrogens is 281 g/mol. The van der Waals surface area contributed by atoms with Crippen LogP contribution in [0.15, 0.2) is 53.4 Å². The van der Waals surface area contributed by atoms with Crippen molar-refractivity contribution in [3.63, 3.8) is 0 Å². The van der Waals surface area contributed by atoms with Crippen molar-refractivity contribution in [2.24, 2.45) is 0 Å². The maximum atomic E-state index is 12.9. The molecule has 0 spiro atoms. The molecule has 0 radical (unpaired) electrons. The summed E-state index contributed by atoms with van der Waals surface area (Å²) >= 11 is 0. The molecule has 0 atom stereocenters. The molecule has 0 heterocycles. The predicted molar refractivity (Wildman–Crippen MR) is 75.0 cm³/mol. The van der Waals surface area contributed by atoms with E-state index in [4.69, 9.17) is 4.74 Å². The second-order valence-electron chi connectivity index (χ2n) is 4.13. The van der Waals surface area contributed by atoms with Crippen LogP contribution < -0.4 is 9.04 Å². The van der Waals surface area contributed by atoms with Gasteiger partial charge in [-0.1, -0.05) is 6.07 Å². The molecule has 0 fully saturated rings. The van der Waals surface area contributed by atoms with Crippen molar-refractivity contribution in [1.82, 2.24) is 0 Å². The lowest BCUT2D eigenvalue weighted by Crippen LogP contribution is -2.26. The molecule has 2 rings (SSSR count). The molecule has 0 amide bonds. The first-order valence-corrected chi connectivity index (χ1v) is 7.28. The average Bonchev–Trinajstić information content (AvgIpc) is 2.47. The molecule has 6 heteroatoms. The van der Waals surface area contributed by atoms with Gasteiger partial charge in [-0.05, 0) is 36.4 Å². The van der Waals surface area contributed by atoms with Gasteiger partial charge in [0.2, 0.25) is 0 Å². The first-order chi connectivity index (χ1) is 9.45. The normalized spacial score (nSPS) is 11.2. The smallest absolute Gasteiger partial charge is 0.264 e. The molecule has 2 aromatic rings. The summed E-state index contributed by atoms with van der Waals surface area (Å²) in [7, 11) is -0.777. The van der Waals surface area contributed by atoms with Gasteiger partial charge < -0.3 is 4.74 Å². The van der Waals surface area contributed by atoms with Gasteiger partial charge in [0.05, 0.1) is 17.7 Å². The Morgan fingerprint density at radius 2 is 1.75 bits per heavy atom. The first kappa shape index (κ1) is 14.3. The van der Waals surface area contributed by atoms with E-state index in [9.17, 15) is 12.8 Å². The number of benzene rings is 2. The molecular formula is C14H14FNO3S. The van der Waals surface area contributed by atoms with E-state index in [1.165, 1.54) is 26.3 Å². The van der Waals surface area contributed by atoms with E-state index in [0.717, 1.165) is 16.4 Å². The van der Waals surface area contributed by atoms with Crippen LogP contribution in [-0.2, 0) is 10.0 Å². The number of ether oxygens (including phenoxy) is 1. The molecule has 0 aliphatic heterocycles.